The van der Waals surface area contributed by atoms with Crippen LogP contribution in [0.25, 0.3) is 0 Å². The van der Waals surface area contributed by atoms with Crippen molar-refractivity contribution < 1.29 is 4.74 Å². The molecule has 0 N–H and O–H groups in total. The Bertz CT molecular complexity index is 412. The van der Waals surface area contributed by atoms with E-state index in [-0.39, 0.29) is 0 Å². The summed E-state index contributed by atoms with van der Waals surface area (Å²) in [5.74, 6) is 0. The topological polar surface area (TPSA) is 41.9 Å². The Labute approximate surface area is 108 Å². The van der Waals surface area contributed by atoms with Gasteiger partial charge in [0.25, 0.3) is 0 Å². The van der Waals surface area contributed by atoms with Gasteiger partial charge in [-0.2, -0.15) is 0 Å². The molecule has 1 aliphatic rings. The van der Waals surface area contributed by atoms with Gasteiger partial charge < -0.3 is 4.74 Å². The summed E-state index contributed by atoms with van der Waals surface area (Å²) in [4.78, 5) is 13.0. The molecule has 0 atom stereocenters. The van der Waals surface area contributed by atoms with Crippen molar-refractivity contribution in [1.82, 2.24) is 4.90 Å². The third kappa shape index (κ3) is 3.15. The second kappa shape index (κ2) is 6.07. The van der Waals surface area contributed by atoms with Gasteiger partial charge in [-0.25, -0.2) is 0 Å². The maximum Gasteiger partial charge on any atom is 0.110 e. The lowest BCUT2D eigenvalue weighted by atomic mass is 10.1. The van der Waals surface area contributed by atoms with Crippen LogP contribution >= 0.6 is 0 Å². The number of benzene rings is 1. The molecule has 0 bridgehead atoms. The van der Waals surface area contributed by atoms with Crippen molar-refractivity contribution in [2.45, 2.75) is 32.4 Å². The molecule has 0 saturated carbocycles. The molecular weight excluding hydrogens is 228 g/mol. The van der Waals surface area contributed by atoms with Crippen molar-refractivity contribution in [2.75, 3.05) is 20.2 Å². The van der Waals surface area contributed by atoms with Gasteiger partial charge in [-0.15, -0.1) is 4.91 Å². The van der Waals surface area contributed by atoms with Gasteiger partial charge in [-0.3, -0.25) is 4.90 Å². The lowest BCUT2D eigenvalue weighted by molar-refractivity contribution is 0.0388. The van der Waals surface area contributed by atoms with E-state index in [4.69, 9.17) is 4.74 Å². The minimum atomic E-state index is 0.421. The number of rotatable bonds is 4. The summed E-state index contributed by atoms with van der Waals surface area (Å²) in [6.07, 6.45) is 2.62. The summed E-state index contributed by atoms with van der Waals surface area (Å²) in [7, 11) is 1.79. The Morgan fingerprint density at radius 2 is 2.11 bits per heavy atom. The molecule has 0 unspecified atom stereocenters. The van der Waals surface area contributed by atoms with E-state index in [2.05, 4.69) is 16.1 Å². The second-order valence-corrected chi connectivity index (χ2v) is 4.92. The quantitative estimate of drug-likeness (QED) is 0.769. The Morgan fingerprint density at radius 1 is 1.39 bits per heavy atom. The van der Waals surface area contributed by atoms with Crippen molar-refractivity contribution in [1.29, 1.82) is 0 Å². The number of likely N-dealkylation sites (tertiary alicyclic amines) is 1. The molecule has 0 aromatic heterocycles. The van der Waals surface area contributed by atoms with Crippen LogP contribution < -0.4 is 0 Å². The van der Waals surface area contributed by atoms with E-state index in [1.165, 1.54) is 5.56 Å². The number of methoxy groups -OCH3 is 1. The monoisotopic (exact) mass is 248 g/mol. The largest absolute Gasteiger partial charge is 0.381 e. The second-order valence-electron chi connectivity index (χ2n) is 4.92. The predicted molar refractivity (Wildman–Crippen MR) is 71.9 cm³/mol. The summed E-state index contributed by atoms with van der Waals surface area (Å²) in [6.45, 7) is 5.02. The average molecular weight is 248 g/mol. The van der Waals surface area contributed by atoms with Crippen molar-refractivity contribution in [3.8, 4) is 0 Å². The molecule has 0 aliphatic carbocycles. The Morgan fingerprint density at radius 3 is 2.67 bits per heavy atom. The van der Waals surface area contributed by atoms with Crippen LogP contribution in [0.5, 0.6) is 0 Å². The number of ether oxygens (including phenoxy) is 1. The number of hydrogen-bond acceptors (Lipinski definition) is 4. The Kier molecular flexibility index (Phi) is 4.44. The van der Waals surface area contributed by atoms with E-state index in [9.17, 15) is 4.91 Å². The van der Waals surface area contributed by atoms with Crippen LogP contribution in [0, 0.1) is 11.8 Å². The first-order chi connectivity index (χ1) is 8.72. The summed E-state index contributed by atoms with van der Waals surface area (Å²) in [5, 5.41) is 3.00. The summed E-state index contributed by atoms with van der Waals surface area (Å²) in [6, 6.07) is 5.85. The first-order valence-corrected chi connectivity index (χ1v) is 6.41. The van der Waals surface area contributed by atoms with E-state index >= 15 is 0 Å². The fraction of sp³-hybridized carbons (Fsp3) is 0.571. The lowest BCUT2D eigenvalue weighted by Gasteiger charge is -2.31. The highest BCUT2D eigenvalue weighted by molar-refractivity contribution is 5.46. The van der Waals surface area contributed by atoms with Crippen LogP contribution in [0.1, 0.15) is 24.0 Å². The summed E-state index contributed by atoms with van der Waals surface area (Å²) < 4.78 is 5.37. The van der Waals surface area contributed by atoms with Crippen molar-refractivity contribution in [3.63, 3.8) is 0 Å². The zero-order valence-electron chi connectivity index (χ0n) is 11.1. The molecule has 4 nitrogen and oxygen atoms in total. The number of piperidine rings is 1. The van der Waals surface area contributed by atoms with Crippen LogP contribution in [0.15, 0.2) is 23.4 Å². The van der Waals surface area contributed by atoms with E-state index in [1.54, 1.807) is 13.2 Å². The van der Waals surface area contributed by atoms with Gasteiger partial charge in [0.2, 0.25) is 0 Å². The van der Waals surface area contributed by atoms with Crippen molar-refractivity contribution in [3.05, 3.63) is 34.2 Å². The van der Waals surface area contributed by atoms with Crippen molar-refractivity contribution >= 4 is 5.69 Å². The van der Waals surface area contributed by atoms with Crippen LogP contribution in [-0.2, 0) is 11.3 Å². The number of hydrogen-bond donors (Lipinski definition) is 0. The van der Waals surface area contributed by atoms with Gasteiger partial charge in [0, 0.05) is 26.7 Å². The molecule has 1 heterocycles. The van der Waals surface area contributed by atoms with Crippen LogP contribution in [-0.4, -0.2) is 31.2 Å². The van der Waals surface area contributed by atoms with E-state index in [0.29, 0.717) is 11.8 Å². The minimum absolute atomic E-state index is 0.421. The predicted octanol–water partition coefficient (Wildman–Crippen LogP) is 3.00. The van der Waals surface area contributed by atoms with Gasteiger partial charge in [0.15, 0.2) is 0 Å². The molecule has 4 heteroatoms. The van der Waals surface area contributed by atoms with Gasteiger partial charge in [-0.1, -0.05) is 12.1 Å². The first-order valence-electron chi connectivity index (χ1n) is 6.41. The van der Waals surface area contributed by atoms with Crippen LogP contribution in [0.4, 0.5) is 5.69 Å². The van der Waals surface area contributed by atoms with E-state index < -0.39 is 0 Å². The third-order valence-corrected chi connectivity index (χ3v) is 3.63. The average Bonchev–Trinajstić information content (AvgIpc) is 2.40. The molecule has 0 spiro atoms. The molecular formula is C14H20N2O2. The van der Waals surface area contributed by atoms with E-state index in [0.717, 1.165) is 38.0 Å². The maximum atomic E-state index is 10.5. The number of nitroso groups, excluding NO2 is 1. The first kappa shape index (κ1) is 13.2. The molecule has 2 rings (SSSR count). The summed E-state index contributed by atoms with van der Waals surface area (Å²) in [5.41, 5.74) is 2.74. The molecule has 0 amide bonds. The molecule has 1 aromatic carbocycles. The molecule has 1 fully saturated rings. The standard InChI is InChI=1S/C14H20N2O2/c1-11-9-12(3-4-14(11)15-17)10-16-7-5-13(18-2)6-8-16/h3-4,9,13H,5-8,10H2,1-2H3. The van der Waals surface area contributed by atoms with Gasteiger partial charge in [-0.05, 0) is 42.1 Å². The van der Waals surface area contributed by atoms with Crippen LogP contribution in [0.2, 0.25) is 0 Å². The fourth-order valence-corrected chi connectivity index (χ4v) is 2.48. The smallest absolute Gasteiger partial charge is 0.110 e. The van der Waals surface area contributed by atoms with Gasteiger partial charge >= 0.3 is 0 Å². The highest BCUT2D eigenvalue weighted by atomic mass is 16.5. The van der Waals surface area contributed by atoms with E-state index in [1.807, 2.05) is 13.0 Å². The normalized spacial score (nSPS) is 17.9. The molecule has 1 saturated heterocycles. The minimum Gasteiger partial charge on any atom is -0.381 e. The number of aryl methyl sites for hydroxylation is 1. The number of nitrogens with zero attached hydrogens (tertiary/aromatic N) is 2. The van der Waals surface area contributed by atoms with Crippen LogP contribution in [0.3, 0.4) is 0 Å². The molecule has 18 heavy (non-hydrogen) atoms. The fourth-order valence-electron chi connectivity index (χ4n) is 2.48. The molecule has 1 aliphatic heterocycles. The highest BCUT2D eigenvalue weighted by Gasteiger charge is 2.18. The summed E-state index contributed by atoms with van der Waals surface area (Å²) >= 11 is 0. The molecule has 0 radical (unpaired) electrons. The third-order valence-electron chi connectivity index (χ3n) is 3.63. The zero-order chi connectivity index (χ0) is 13.0. The maximum absolute atomic E-state index is 10.5. The highest BCUT2D eigenvalue weighted by Crippen LogP contribution is 2.21. The SMILES string of the molecule is COC1CCN(Cc2ccc(N=O)c(C)c2)CC1. The Hall–Kier alpha value is -1.26. The molecule has 98 valence electrons. The van der Waals surface area contributed by atoms with Gasteiger partial charge in [0.1, 0.15) is 5.69 Å². The Balaban J connectivity index is 1.94. The lowest BCUT2D eigenvalue weighted by Crippen LogP contribution is -2.36. The van der Waals surface area contributed by atoms with Gasteiger partial charge in [0.05, 0.1) is 6.10 Å². The zero-order valence-corrected chi connectivity index (χ0v) is 11.1. The molecule has 1 aromatic rings. The van der Waals surface area contributed by atoms with Crippen molar-refractivity contribution in [2.24, 2.45) is 5.18 Å².